The van der Waals surface area contributed by atoms with Crippen LogP contribution in [0, 0.1) is 11.8 Å². The van der Waals surface area contributed by atoms with E-state index >= 15 is 0 Å². The van der Waals surface area contributed by atoms with Crippen molar-refractivity contribution in [2.75, 3.05) is 33.0 Å². The quantitative estimate of drug-likeness (QED) is 0.478. The summed E-state index contributed by atoms with van der Waals surface area (Å²) < 4.78 is 12.2. The molecule has 0 spiro atoms. The van der Waals surface area contributed by atoms with E-state index in [1.165, 1.54) is 6.08 Å². The van der Waals surface area contributed by atoms with E-state index in [0.717, 1.165) is 0 Å². The lowest BCUT2D eigenvalue weighted by molar-refractivity contribution is -0.125. The Hall–Kier alpha value is -4.19. The number of aromatic nitrogens is 3. The lowest BCUT2D eigenvalue weighted by Gasteiger charge is -2.16. The summed E-state index contributed by atoms with van der Waals surface area (Å²) in [6.45, 7) is 4.50. The maximum Gasteiger partial charge on any atom is 0.276 e. The first kappa shape index (κ1) is 21.1. The highest BCUT2D eigenvalue weighted by atomic mass is 16.5. The Labute approximate surface area is 184 Å². The lowest BCUT2D eigenvalue weighted by Crippen LogP contribution is -2.30. The third kappa shape index (κ3) is 3.78. The second-order valence-electron chi connectivity index (χ2n) is 7.40. The molecule has 1 fully saturated rings. The molecule has 2 aromatic heterocycles. The van der Waals surface area contributed by atoms with Gasteiger partial charge in [-0.15, -0.1) is 0 Å². The molecule has 9 heteroatoms. The average molecular weight is 433 g/mol. The molecule has 3 heterocycles. The topological polar surface area (TPSA) is 115 Å². The van der Waals surface area contributed by atoms with Gasteiger partial charge in [0.25, 0.3) is 5.56 Å². The second kappa shape index (κ2) is 8.51. The van der Waals surface area contributed by atoms with Crippen molar-refractivity contribution < 1.29 is 14.3 Å². The Balaban J connectivity index is 1.80. The molecule has 4 rings (SSSR count). The SMILES string of the molecule is C=CC(=O)N1CC[C@H](n2cc(C#Cc3cc(OC)cc(OC)c3)c3c(N)n[nH]c3c2=O)C1. The zero-order valence-electron chi connectivity index (χ0n) is 17.8. The van der Waals surface area contributed by atoms with E-state index in [-0.39, 0.29) is 28.8 Å². The Morgan fingerprint density at radius 1 is 1.28 bits per heavy atom. The van der Waals surface area contributed by atoms with Gasteiger partial charge in [0.2, 0.25) is 5.91 Å². The van der Waals surface area contributed by atoms with Crippen LogP contribution in [-0.2, 0) is 4.79 Å². The molecule has 1 saturated heterocycles. The number of nitrogen functional groups attached to an aromatic ring is 1. The van der Waals surface area contributed by atoms with Gasteiger partial charge in [-0.2, -0.15) is 5.10 Å². The standard InChI is InChI=1S/C23H23N5O4/c1-4-19(29)27-8-7-16(13-27)28-12-15(20-21(23(28)30)25-26-22(20)24)6-5-14-9-17(31-2)11-18(10-14)32-3/h4,9-12,16H,1,7-8,13H2,2-3H3,(H3,24,25,26)/t16-/m0/s1. The Kier molecular flexibility index (Phi) is 5.60. The van der Waals surface area contributed by atoms with Crippen LogP contribution in [0.25, 0.3) is 10.9 Å². The fraction of sp³-hybridized carbons (Fsp3) is 0.261. The fourth-order valence-corrected chi connectivity index (χ4v) is 3.86. The van der Waals surface area contributed by atoms with Gasteiger partial charge in [-0.1, -0.05) is 18.4 Å². The number of hydrogen-bond acceptors (Lipinski definition) is 6. The molecule has 1 aliphatic rings. The van der Waals surface area contributed by atoms with Gasteiger partial charge in [0.1, 0.15) is 17.0 Å². The number of methoxy groups -OCH3 is 2. The van der Waals surface area contributed by atoms with Crippen LogP contribution in [0.5, 0.6) is 11.5 Å². The number of rotatable bonds is 4. The Bertz CT molecular complexity index is 1310. The van der Waals surface area contributed by atoms with Crippen LogP contribution in [-0.4, -0.2) is 52.9 Å². The van der Waals surface area contributed by atoms with E-state index in [1.54, 1.807) is 48.1 Å². The van der Waals surface area contributed by atoms with Gasteiger partial charge < -0.3 is 24.7 Å². The largest absolute Gasteiger partial charge is 0.497 e. The molecule has 3 N–H and O–H groups in total. The first-order valence-corrected chi connectivity index (χ1v) is 10.00. The summed E-state index contributed by atoms with van der Waals surface area (Å²) in [5.41, 5.74) is 7.29. The van der Waals surface area contributed by atoms with E-state index in [4.69, 9.17) is 15.2 Å². The van der Waals surface area contributed by atoms with Gasteiger partial charge in [0.05, 0.1) is 31.2 Å². The number of anilines is 1. The van der Waals surface area contributed by atoms with Crippen molar-refractivity contribution in [1.29, 1.82) is 0 Å². The number of amides is 1. The third-order valence-corrected chi connectivity index (χ3v) is 5.52. The predicted octanol–water partition coefficient (Wildman–Crippen LogP) is 1.68. The number of nitrogens with two attached hydrogens (primary N) is 1. The highest BCUT2D eigenvalue weighted by molar-refractivity contribution is 5.93. The number of fused-ring (bicyclic) bond motifs is 1. The molecule has 9 nitrogen and oxygen atoms in total. The van der Waals surface area contributed by atoms with E-state index < -0.39 is 0 Å². The maximum atomic E-state index is 13.1. The maximum absolute atomic E-state index is 13.1. The van der Waals surface area contributed by atoms with E-state index in [2.05, 4.69) is 28.6 Å². The lowest BCUT2D eigenvalue weighted by atomic mass is 10.1. The van der Waals surface area contributed by atoms with Crippen molar-refractivity contribution in [3.05, 3.63) is 58.5 Å². The molecular weight excluding hydrogens is 410 g/mol. The molecule has 3 aromatic rings. The van der Waals surface area contributed by atoms with Crippen molar-refractivity contribution in [1.82, 2.24) is 19.7 Å². The molecule has 1 aromatic carbocycles. The molecule has 0 radical (unpaired) electrons. The van der Waals surface area contributed by atoms with E-state index in [0.29, 0.717) is 47.5 Å². The molecular formula is C23H23N5O4. The van der Waals surface area contributed by atoms with Gasteiger partial charge in [-0.05, 0) is 24.6 Å². The predicted molar refractivity (Wildman–Crippen MR) is 121 cm³/mol. The molecule has 164 valence electrons. The number of nitrogens with zero attached hydrogens (tertiary/aromatic N) is 3. The average Bonchev–Trinajstić information content (AvgIpc) is 3.45. The van der Waals surface area contributed by atoms with Crippen molar-refractivity contribution in [2.45, 2.75) is 12.5 Å². The number of pyridine rings is 1. The number of H-pyrrole nitrogens is 1. The van der Waals surface area contributed by atoms with Gasteiger partial charge in [0.15, 0.2) is 5.82 Å². The summed E-state index contributed by atoms with van der Waals surface area (Å²) in [4.78, 5) is 26.7. The highest BCUT2D eigenvalue weighted by Crippen LogP contribution is 2.26. The zero-order chi connectivity index (χ0) is 22.8. The molecule has 1 atom stereocenters. The van der Waals surface area contributed by atoms with Crippen molar-refractivity contribution in [3.8, 4) is 23.3 Å². The monoisotopic (exact) mass is 433 g/mol. The van der Waals surface area contributed by atoms with Crippen molar-refractivity contribution in [2.24, 2.45) is 0 Å². The number of aromatic amines is 1. The highest BCUT2D eigenvalue weighted by Gasteiger charge is 2.28. The Morgan fingerprint density at radius 2 is 2.00 bits per heavy atom. The van der Waals surface area contributed by atoms with Crippen LogP contribution in [0.1, 0.15) is 23.6 Å². The normalized spacial score (nSPS) is 15.3. The summed E-state index contributed by atoms with van der Waals surface area (Å²) in [5, 5.41) is 7.21. The van der Waals surface area contributed by atoms with Gasteiger partial charge in [0, 0.05) is 30.9 Å². The summed E-state index contributed by atoms with van der Waals surface area (Å²) >= 11 is 0. The number of carbonyl (C=O) groups is 1. The smallest absolute Gasteiger partial charge is 0.276 e. The van der Waals surface area contributed by atoms with Crippen molar-refractivity contribution >= 4 is 22.6 Å². The molecule has 1 amide bonds. The fourth-order valence-electron chi connectivity index (χ4n) is 3.86. The van der Waals surface area contributed by atoms with Crippen LogP contribution in [0.4, 0.5) is 5.82 Å². The van der Waals surface area contributed by atoms with Crippen LogP contribution < -0.4 is 20.8 Å². The molecule has 1 aliphatic heterocycles. The number of benzene rings is 1. The van der Waals surface area contributed by atoms with Crippen LogP contribution in [0.15, 0.2) is 41.8 Å². The van der Waals surface area contributed by atoms with Crippen LogP contribution in [0.3, 0.4) is 0 Å². The number of carbonyl (C=O) groups excluding carboxylic acids is 1. The van der Waals surface area contributed by atoms with Gasteiger partial charge >= 0.3 is 0 Å². The van der Waals surface area contributed by atoms with Crippen molar-refractivity contribution in [3.63, 3.8) is 0 Å². The zero-order valence-corrected chi connectivity index (χ0v) is 17.8. The third-order valence-electron chi connectivity index (χ3n) is 5.52. The molecule has 0 bridgehead atoms. The van der Waals surface area contributed by atoms with Gasteiger partial charge in [-0.3, -0.25) is 14.7 Å². The van der Waals surface area contributed by atoms with Gasteiger partial charge in [-0.25, -0.2) is 0 Å². The summed E-state index contributed by atoms with van der Waals surface area (Å²) in [7, 11) is 3.14. The van der Waals surface area contributed by atoms with E-state index in [1.807, 2.05) is 0 Å². The second-order valence-corrected chi connectivity index (χ2v) is 7.40. The number of likely N-dealkylation sites (tertiary alicyclic amines) is 1. The first-order chi connectivity index (χ1) is 15.4. The summed E-state index contributed by atoms with van der Waals surface area (Å²) in [5.74, 6) is 7.48. The molecule has 0 saturated carbocycles. The first-order valence-electron chi connectivity index (χ1n) is 10.00. The molecule has 0 aliphatic carbocycles. The van der Waals surface area contributed by atoms with Crippen LogP contribution in [0.2, 0.25) is 0 Å². The molecule has 32 heavy (non-hydrogen) atoms. The minimum Gasteiger partial charge on any atom is -0.497 e. The minimum atomic E-state index is -0.254. The molecule has 0 unspecified atom stereocenters. The summed E-state index contributed by atoms with van der Waals surface area (Å²) in [6.07, 6.45) is 3.62. The number of ether oxygens (including phenoxy) is 2. The number of hydrogen-bond donors (Lipinski definition) is 2. The Morgan fingerprint density at radius 3 is 2.66 bits per heavy atom. The van der Waals surface area contributed by atoms with Crippen LogP contribution >= 0.6 is 0 Å². The minimum absolute atomic E-state index is 0.153. The van der Waals surface area contributed by atoms with E-state index in [9.17, 15) is 9.59 Å². The number of nitrogens with one attached hydrogen (secondary N) is 1. The summed E-state index contributed by atoms with van der Waals surface area (Å²) in [6, 6.07) is 5.15.